The second-order valence-corrected chi connectivity index (χ2v) is 6.84. The summed E-state index contributed by atoms with van der Waals surface area (Å²) in [6.07, 6.45) is 0. The molecule has 1 atom stereocenters. The fraction of sp³-hybridized carbons (Fsp3) is 0.200. The van der Waals surface area contributed by atoms with Crippen LogP contribution in [0.5, 0.6) is 0 Å². The average Bonchev–Trinajstić information content (AvgIpc) is 2.86. The van der Waals surface area contributed by atoms with E-state index in [9.17, 15) is 14.7 Å². The molecule has 1 aliphatic rings. The van der Waals surface area contributed by atoms with Crippen LogP contribution in [0.15, 0.2) is 54.1 Å². The van der Waals surface area contributed by atoms with Crippen LogP contribution in [-0.2, 0) is 9.59 Å². The Hall–Kier alpha value is -2.79. The minimum absolute atomic E-state index is 0.0809. The number of hydrogen-bond acceptors (Lipinski definition) is 4. The zero-order valence-electron chi connectivity index (χ0n) is 14.7. The number of carbonyl (C=O) groups excluding carboxylic acids is 2. The smallest absolute Gasteiger partial charge is 0.295 e. The first kappa shape index (κ1) is 18.0. The molecule has 2 aromatic carbocycles. The highest BCUT2D eigenvalue weighted by Gasteiger charge is 2.44. The maximum atomic E-state index is 12.5. The Morgan fingerprint density at radius 3 is 2.15 bits per heavy atom. The van der Waals surface area contributed by atoms with Crippen molar-refractivity contribution in [2.75, 3.05) is 26.0 Å². The fourth-order valence-electron chi connectivity index (χ4n) is 3.06. The molecule has 1 fully saturated rings. The highest BCUT2D eigenvalue weighted by atomic mass is 35.5. The lowest BCUT2D eigenvalue weighted by atomic mass is 9.95. The first-order valence-corrected chi connectivity index (χ1v) is 8.47. The van der Waals surface area contributed by atoms with E-state index in [0.717, 1.165) is 11.3 Å². The van der Waals surface area contributed by atoms with Gasteiger partial charge in [-0.05, 0) is 42.0 Å². The lowest BCUT2D eigenvalue weighted by molar-refractivity contribution is -0.139. The van der Waals surface area contributed by atoms with Crippen LogP contribution in [0.25, 0.3) is 5.76 Å². The summed E-state index contributed by atoms with van der Waals surface area (Å²) in [4.78, 5) is 28.1. The van der Waals surface area contributed by atoms with Gasteiger partial charge in [-0.15, -0.1) is 0 Å². The normalized spacial score (nSPS) is 19.1. The third-order valence-electron chi connectivity index (χ3n) is 4.52. The van der Waals surface area contributed by atoms with Crippen molar-refractivity contribution >= 4 is 34.7 Å². The summed E-state index contributed by atoms with van der Waals surface area (Å²) >= 11 is 5.88. The van der Waals surface area contributed by atoms with Crippen LogP contribution < -0.4 is 4.90 Å². The van der Waals surface area contributed by atoms with Crippen molar-refractivity contribution in [3.8, 4) is 0 Å². The van der Waals surface area contributed by atoms with Gasteiger partial charge >= 0.3 is 0 Å². The van der Waals surface area contributed by atoms with E-state index in [0.29, 0.717) is 10.6 Å². The van der Waals surface area contributed by atoms with Crippen LogP contribution in [-0.4, -0.2) is 42.8 Å². The van der Waals surface area contributed by atoms with Crippen molar-refractivity contribution in [2.24, 2.45) is 0 Å². The van der Waals surface area contributed by atoms with Crippen LogP contribution in [0, 0.1) is 0 Å². The quantitative estimate of drug-likeness (QED) is 0.510. The SMILES string of the molecule is CN(C)c1ccc(C2C(=C(O)c3ccc(Cl)cc3)C(=O)C(=O)N2C)cc1. The molecule has 0 radical (unpaired) electrons. The van der Waals surface area contributed by atoms with Gasteiger partial charge < -0.3 is 14.9 Å². The molecule has 26 heavy (non-hydrogen) atoms. The summed E-state index contributed by atoms with van der Waals surface area (Å²) in [5, 5.41) is 11.2. The van der Waals surface area contributed by atoms with E-state index in [1.165, 1.54) is 4.90 Å². The molecule has 1 saturated heterocycles. The molecule has 0 aromatic heterocycles. The largest absolute Gasteiger partial charge is 0.507 e. The molecular formula is C20H19ClN2O3. The number of ketones is 1. The van der Waals surface area contributed by atoms with Gasteiger partial charge in [0.1, 0.15) is 5.76 Å². The maximum absolute atomic E-state index is 12.5. The van der Waals surface area contributed by atoms with Gasteiger partial charge in [0.2, 0.25) is 0 Å². The molecule has 3 rings (SSSR count). The van der Waals surface area contributed by atoms with Gasteiger partial charge in [0.15, 0.2) is 0 Å². The van der Waals surface area contributed by atoms with Gasteiger partial charge in [-0.3, -0.25) is 9.59 Å². The van der Waals surface area contributed by atoms with E-state index in [4.69, 9.17) is 11.6 Å². The molecule has 1 heterocycles. The first-order chi connectivity index (χ1) is 12.3. The summed E-state index contributed by atoms with van der Waals surface area (Å²) in [6, 6.07) is 13.4. The van der Waals surface area contributed by atoms with Gasteiger partial charge in [-0.1, -0.05) is 23.7 Å². The lowest BCUT2D eigenvalue weighted by Gasteiger charge is -2.22. The monoisotopic (exact) mass is 370 g/mol. The van der Waals surface area contributed by atoms with Crippen molar-refractivity contribution in [3.05, 3.63) is 70.3 Å². The predicted molar refractivity (Wildman–Crippen MR) is 102 cm³/mol. The molecule has 1 N–H and O–H groups in total. The van der Waals surface area contributed by atoms with E-state index in [1.54, 1.807) is 31.3 Å². The highest BCUT2D eigenvalue weighted by Crippen LogP contribution is 2.38. The number of nitrogens with zero attached hydrogens (tertiary/aromatic N) is 2. The lowest BCUT2D eigenvalue weighted by Crippen LogP contribution is -2.24. The number of Topliss-reactive ketones (excluding diaryl/α,β-unsaturated/α-hetero) is 1. The Kier molecular flexibility index (Phi) is 4.74. The van der Waals surface area contributed by atoms with Gasteiger partial charge in [0.05, 0.1) is 11.6 Å². The molecular weight excluding hydrogens is 352 g/mol. The second-order valence-electron chi connectivity index (χ2n) is 6.40. The summed E-state index contributed by atoms with van der Waals surface area (Å²) in [6.45, 7) is 0. The predicted octanol–water partition coefficient (Wildman–Crippen LogP) is 3.46. The third-order valence-corrected chi connectivity index (χ3v) is 4.77. The van der Waals surface area contributed by atoms with Crippen molar-refractivity contribution in [1.82, 2.24) is 4.90 Å². The number of anilines is 1. The molecule has 1 amide bonds. The van der Waals surface area contributed by atoms with E-state index >= 15 is 0 Å². The van der Waals surface area contributed by atoms with Gasteiger partial charge in [0.25, 0.3) is 11.7 Å². The summed E-state index contributed by atoms with van der Waals surface area (Å²) < 4.78 is 0. The number of rotatable bonds is 3. The number of carbonyl (C=O) groups is 2. The number of aliphatic hydroxyl groups excluding tert-OH is 1. The van der Waals surface area contributed by atoms with Crippen LogP contribution in [0.4, 0.5) is 5.69 Å². The Balaban J connectivity index is 2.11. The van der Waals surface area contributed by atoms with Gasteiger partial charge in [-0.25, -0.2) is 0 Å². The van der Waals surface area contributed by atoms with Crippen molar-refractivity contribution < 1.29 is 14.7 Å². The number of likely N-dealkylation sites (N-methyl/N-ethyl adjacent to an activating group) is 1. The Labute approximate surface area is 157 Å². The zero-order valence-corrected chi connectivity index (χ0v) is 15.5. The van der Waals surface area contributed by atoms with Crippen LogP contribution >= 0.6 is 11.6 Å². The molecule has 0 bridgehead atoms. The molecule has 1 aliphatic heterocycles. The topological polar surface area (TPSA) is 60.9 Å². The summed E-state index contributed by atoms with van der Waals surface area (Å²) in [7, 11) is 5.43. The first-order valence-electron chi connectivity index (χ1n) is 8.09. The molecule has 134 valence electrons. The molecule has 0 aliphatic carbocycles. The number of benzene rings is 2. The van der Waals surface area contributed by atoms with E-state index in [-0.39, 0.29) is 11.3 Å². The third kappa shape index (κ3) is 3.06. The number of aliphatic hydroxyl groups is 1. The minimum atomic E-state index is -0.693. The van der Waals surface area contributed by atoms with Crippen molar-refractivity contribution in [3.63, 3.8) is 0 Å². The molecule has 1 unspecified atom stereocenters. The van der Waals surface area contributed by atoms with Crippen LogP contribution in [0.2, 0.25) is 5.02 Å². The van der Waals surface area contributed by atoms with E-state index in [1.807, 2.05) is 43.3 Å². The number of likely N-dealkylation sites (tertiary alicyclic amines) is 1. The molecule has 0 spiro atoms. The number of hydrogen-bond donors (Lipinski definition) is 1. The van der Waals surface area contributed by atoms with Gasteiger partial charge in [0, 0.05) is 37.4 Å². The van der Waals surface area contributed by atoms with Gasteiger partial charge in [-0.2, -0.15) is 0 Å². The molecule has 5 nitrogen and oxygen atoms in total. The van der Waals surface area contributed by atoms with E-state index in [2.05, 4.69) is 0 Å². The van der Waals surface area contributed by atoms with Crippen LogP contribution in [0.1, 0.15) is 17.2 Å². The average molecular weight is 371 g/mol. The van der Waals surface area contributed by atoms with Crippen LogP contribution in [0.3, 0.4) is 0 Å². The molecule has 6 heteroatoms. The number of halogens is 1. The highest BCUT2D eigenvalue weighted by molar-refractivity contribution is 6.46. The van der Waals surface area contributed by atoms with Crippen molar-refractivity contribution in [1.29, 1.82) is 0 Å². The number of amides is 1. The van der Waals surface area contributed by atoms with Crippen molar-refractivity contribution in [2.45, 2.75) is 6.04 Å². The molecule has 0 saturated carbocycles. The Bertz CT molecular complexity index is 886. The summed E-state index contributed by atoms with van der Waals surface area (Å²) in [5.74, 6) is -1.53. The standard InChI is InChI=1S/C20H19ClN2O3/c1-22(2)15-10-6-12(7-11-15)17-16(19(25)20(26)23(17)3)18(24)13-4-8-14(21)9-5-13/h4-11,17,24H,1-3H3. The zero-order chi connectivity index (χ0) is 19.0. The summed E-state index contributed by atoms with van der Waals surface area (Å²) in [5.41, 5.74) is 2.28. The molecule has 2 aromatic rings. The Morgan fingerprint density at radius 1 is 1.04 bits per heavy atom. The fourth-order valence-corrected chi connectivity index (χ4v) is 3.18. The maximum Gasteiger partial charge on any atom is 0.295 e. The minimum Gasteiger partial charge on any atom is -0.507 e. The Morgan fingerprint density at radius 2 is 1.62 bits per heavy atom. The van der Waals surface area contributed by atoms with E-state index < -0.39 is 17.7 Å². The second kappa shape index (κ2) is 6.84.